The molecule has 3 amide bonds. The number of carboxylic acid groups (broad SMARTS) is 1. The van der Waals surface area contributed by atoms with Gasteiger partial charge in [0.25, 0.3) is 0 Å². The minimum Gasteiger partial charge on any atom is -0.478 e. The molecule has 0 fully saturated rings. The summed E-state index contributed by atoms with van der Waals surface area (Å²) < 4.78 is 0.472. The molecule has 0 saturated heterocycles. The number of aromatic carboxylic acids is 1. The fourth-order valence-electron chi connectivity index (χ4n) is 1.37. The number of rotatable bonds is 5. The van der Waals surface area contributed by atoms with Gasteiger partial charge in [0.2, 0.25) is 5.91 Å². The SMILES string of the molecule is CC(C)NC(=O)NC(=O)CSc1ccc(Br)c(C(=O)O)c1. The molecule has 21 heavy (non-hydrogen) atoms. The molecular formula is C13H15BrN2O4S. The highest BCUT2D eigenvalue weighted by atomic mass is 79.9. The van der Waals surface area contributed by atoms with Gasteiger partial charge in [0.1, 0.15) is 0 Å². The summed E-state index contributed by atoms with van der Waals surface area (Å²) in [6, 6.07) is 4.17. The molecule has 3 N–H and O–H groups in total. The lowest BCUT2D eigenvalue weighted by atomic mass is 10.2. The van der Waals surface area contributed by atoms with Crippen LogP contribution in [0.4, 0.5) is 4.79 Å². The summed E-state index contributed by atoms with van der Waals surface area (Å²) in [5.41, 5.74) is 0.123. The number of benzene rings is 1. The summed E-state index contributed by atoms with van der Waals surface area (Å²) in [6.45, 7) is 3.57. The topological polar surface area (TPSA) is 95.5 Å². The summed E-state index contributed by atoms with van der Waals surface area (Å²) in [4.78, 5) is 34.5. The Bertz CT molecular complexity index is 563. The van der Waals surface area contributed by atoms with E-state index in [4.69, 9.17) is 5.11 Å². The second-order valence-corrected chi connectivity index (χ2v) is 6.31. The number of amides is 3. The minimum atomic E-state index is -1.05. The molecule has 1 rings (SSSR count). The average Bonchev–Trinajstić information content (AvgIpc) is 2.36. The number of urea groups is 1. The van der Waals surface area contributed by atoms with E-state index in [1.54, 1.807) is 26.0 Å². The van der Waals surface area contributed by atoms with Crippen LogP contribution in [0.15, 0.2) is 27.6 Å². The van der Waals surface area contributed by atoms with E-state index in [-0.39, 0.29) is 17.4 Å². The van der Waals surface area contributed by atoms with Crippen LogP contribution in [-0.4, -0.2) is 34.8 Å². The summed E-state index contributed by atoms with van der Waals surface area (Å²) in [6.07, 6.45) is 0. The van der Waals surface area contributed by atoms with Crippen LogP contribution < -0.4 is 10.6 Å². The lowest BCUT2D eigenvalue weighted by Gasteiger charge is -2.09. The van der Waals surface area contributed by atoms with Gasteiger partial charge in [0.05, 0.1) is 11.3 Å². The Kier molecular flexibility index (Phi) is 6.70. The molecule has 0 atom stereocenters. The third-order valence-electron chi connectivity index (χ3n) is 2.21. The Hall–Kier alpha value is -1.54. The van der Waals surface area contributed by atoms with Crippen molar-refractivity contribution >= 4 is 45.6 Å². The lowest BCUT2D eigenvalue weighted by molar-refractivity contribution is -0.117. The molecule has 8 heteroatoms. The summed E-state index contributed by atoms with van der Waals surface area (Å²) >= 11 is 4.30. The third-order valence-corrected chi connectivity index (χ3v) is 3.90. The highest BCUT2D eigenvalue weighted by Gasteiger charge is 2.12. The number of imide groups is 1. The van der Waals surface area contributed by atoms with E-state index < -0.39 is 17.9 Å². The van der Waals surface area contributed by atoms with Gasteiger partial charge in [-0.3, -0.25) is 10.1 Å². The molecule has 6 nitrogen and oxygen atoms in total. The second kappa shape index (κ2) is 8.04. The molecule has 1 aromatic carbocycles. The van der Waals surface area contributed by atoms with E-state index in [0.717, 1.165) is 11.8 Å². The Labute approximate surface area is 134 Å². The van der Waals surface area contributed by atoms with Crippen LogP contribution in [0, 0.1) is 0 Å². The van der Waals surface area contributed by atoms with Crippen molar-refractivity contribution in [2.24, 2.45) is 0 Å². The molecule has 0 radical (unpaired) electrons. The Morgan fingerprint density at radius 1 is 1.33 bits per heavy atom. The van der Waals surface area contributed by atoms with Crippen molar-refractivity contribution in [1.29, 1.82) is 0 Å². The lowest BCUT2D eigenvalue weighted by Crippen LogP contribution is -2.43. The van der Waals surface area contributed by atoms with Gasteiger partial charge in [0, 0.05) is 15.4 Å². The zero-order valence-electron chi connectivity index (χ0n) is 11.5. The Morgan fingerprint density at radius 3 is 2.57 bits per heavy atom. The molecule has 0 bridgehead atoms. The maximum absolute atomic E-state index is 11.6. The number of carbonyl (C=O) groups is 3. The largest absolute Gasteiger partial charge is 0.478 e. The third kappa shape index (κ3) is 6.17. The number of halogens is 1. The summed E-state index contributed by atoms with van der Waals surface area (Å²) in [5.74, 6) is -1.48. The normalized spacial score (nSPS) is 10.3. The van der Waals surface area contributed by atoms with Gasteiger partial charge < -0.3 is 10.4 Å². The van der Waals surface area contributed by atoms with Gasteiger partial charge in [-0.2, -0.15) is 0 Å². The molecule has 0 unspecified atom stereocenters. The maximum atomic E-state index is 11.6. The molecule has 0 aliphatic carbocycles. The zero-order valence-corrected chi connectivity index (χ0v) is 13.9. The number of hydrogen-bond donors (Lipinski definition) is 3. The molecule has 1 aromatic rings. The number of carboxylic acids is 1. The molecule has 0 aliphatic rings. The standard InChI is InChI=1S/C13H15BrN2O4S/c1-7(2)15-13(20)16-11(17)6-21-8-3-4-10(14)9(5-8)12(18)19/h3-5,7H,6H2,1-2H3,(H,18,19)(H2,15,16,17,20). The van der Waals surface area contributed by atoms with Crippen LogP contribution in [-0.2, 0) is 4.79 Å². The van der Waals surface area contributed by atoms with Gasteiger partial charge in [-0.15, -0.1) is 11.8 Å². The van der Waals surface area contributed by atoms with E-state index in [9.17, 15) is 14.4 Å². The first-order valence-electron chi connectivity index (χ1n) is 6.05. The van der Waals surface area contributed by atoms with Gasteiger partial charge in [0.15, 0.2) is 0 Å². The number of thioether (sulfide) groups is 1. The highest BCUT2D eigenvalue weighted by Crippen LogP contribution is 2.24. The van der Waals surface area contributed by atoms with Crippen molar-refractivity contribution in [3.05, 3.63) is 28.2 Å². The minimum absolute atomic E-state index is 0.0200. The van der Waals surface area contributed by atoms with Crippen LogP contribution in [0.25, 0.3) is 0 Å². The van der Waals surface area contributed by atoms with Crippen LogP contribution >= 0.6 is 27.7 Å². The van der Waals surface area contributed by atoms with Crippen molar-refractivity contribution in [2.75, 3.05) is 5.75 Å². The molecule has 114 valence electrons. The molecule has 0 spiro atoms. The smallest absolute Gasteiger partial charge is 0.336 e. The predicted molar refractivity (Wildman–Crippen MR) is 83.6 cm³/mol. The van der Waals surface area contributed by atoms with Crippen molar-refractivity contribution in [2.45, 2.75) is 24.8 Å². The fourth-order valence-corrected chi connectivity index (χ4v) is 2.52. The van der Waals surface area contributed by atoms with Gasteiger partial charge in [-0.25, -0.2) is 9.59 Å². The Balaban J connectivity index is 2.55. The van der Waals surface area contributed by atoms with Gasteiger partial charge >= 0.3 is 12.0 Å². The molecule has 0 saturated carbocycles. The van der Waals surface area contributed by atoms with Gasteiger partial charge in [-0.05, 0) is 48.0 Å². The average molecular weight is 375 g/mol. The second-order valence-electron chi connectivity index (χ2n) is 4.41. The summed E-state index contributed by atoms with van der Waals surface area (Å²) in [5, 5.41) is 13.7. The number of hydrogen-bond acceptors (Lipinski definition) is 4. The quantitative estimate of drug-likeness (QED) is 0.688. The van der Waals surface area contributed by atoms with Crippen LogP contribution in [0.3, 0.4) is 0 Å². The fraction of sp³-hybridized carbons (Fsp3) is 0.308. The summed E-state index contributed by atoms with van der Waals surface area (Å²) in [7, 11) is 0. The molecule has 0 aromatic heterocycles. The predicted octanol–water partition coefficient (Wildman–Crippen LogP) is 2.47. The van der Waals surface area contributed by atoms with Crippen LogP contribution in [0.2, 0.25) is 0 Å². The van der Waals surface area contributed by atoms with E-state index in [2.05, 4.69) is 26.6 Å². The zero-order chi connectivity index (χ0) is 16.0. The Morgan fingerprint density at radius 2 is 2.00 bits per heavy atom. The maximum Gasteiger partial charge on any atom is 0.336 e. The first kappa shape index (κ1) is 17.5. The molecular weight excluding hydrogens is 360 g/mol. The molecule has 0 heterocycles. The van der Waals surface area contributed by atoms with Crippen LogP contribution in [0.1, 0.15) is 24.2 Å². The monoisotopic (exact) mass is 374 g/mol. The van der Waals surface area contributed by atoms with Crippen LogP contribution in [0.5, 0.6) is 0 Å². The van der Waals surface area contributed by atoms with Crippen molar-refractivity contribution in [3.8, 4) is 0 Å². The number of nitrogens with one attached hydrogen (secondary N) is 2. The van der Waals surface area contributed by atoms with Gasteiger partial charge in [-0.1, -0.05) is 0 Å². The number of carbonyl (C=O) groups excluding carboxylic acids is 2. The van der Waals surface area contributed by atoms with E-state index in [1.807, 2.05) is 0 Å². The first-order valence-corrected chi connectivity index (χ1v) is 7.83. The van der Waals surface area contributed by atoms with Crippen molar-refractivity contribution in [3.63, 3.8) is 0 Å². The van der Waals surface area contributed by atoms with E-state index in [1.165, 1.54) is 6.07 Å². The highest BCUT2D eigenvalue weighted by molar-refractivity contribution is 9.10. The van der Waals surface area contributed by atoms with E-state index >= 15 is 0 Å². The molecule has 0 aliphatic heterocycles. The van der Waals surface area contributed by atoms with Crippen molar-refractivity contribution < 1.29 is 19.5 Å². The first-order chi connectivity index (χ1) is 9.79. The van der Waals surface area contributed by atoms with E-state index in [0.29, 0.717) is 9.37 Å². The van der Waals surface area contributed by atoms with Crippen molar-refractivity contribution in [1.82, 2.24) is 10.6 Å².